The van der Waals surface area contributed by atoms with Gasteiger partial charge in [0.05, 0.1) is 6.33 Å². The van der Waals surface area contributed by atoms with Crippen LogP contribution in [0.1, 0.15) is 30.4 Å². The number of thioether (sulfide) groups is 1. The zero-order chi connectivity index (χ0) is 19.8. The van der Waals surface area contributed by atoms with Gasteiger partial charge >= 0.3 is 0 Å². The summed E-state index contributed by atoms with van der Waals surface area (Å²) in [6.07, 6.45) is 10.2. The highest BCUT2D eigenvalue weighted by atomic mass is 35.5. The molecule has 0 radical (unpaired) electrons. The summed E-state index contributed by atoms with van der Waals surface area (Å²) in [6, 6.07) is 13.9. The molecule has 3 aromatic rings. The van der Waals surface area contributed by atoms with Crippen LogP contribution in [0, 0.1) is 0 Å². The van der Waals surface area contributed by atoms with Crippen LogP contribution in [0.25, 0.3) is 0 Å². The monoisotopic (exact) mass is 452 g/mol. The molecule has 1 heterocycles. The van der Waals surface area contributed by atoms with Crippen molar-refractivity contribution in [1.82, 2.24) is 9.55 Å². The molecule has 0 fully saturated rings. The third kappa shape index (κ3) is 7.04. The molecular weight excluding hydrogens is 431 g/mol. The van der Waals surface area contributed by atoms with E-state index < -0.39 is 0 Å². The van der Waals surface area contributed by atoms with Gasteiger partial charge in [0, 0.05) is 45.0 Å². The van der Waals surface area contributed by atoms with E-state index in [2.05, 4.69) is 21.7 Å². The number of halogens is 3. The second-order valence-electron chi connectivity index (χ2n) is 6.78. The van der Waals surface area contributed by atoms with Gasteiger partial charge in [-0.15, -0.1) is 0 Å². The molecule has 6 heteroatoms. The Labute approximate surface area is 186 Å². The summed E-state index contributed by atoms with van der Waals surface area (Å²) in [6.45, 7) is 1.000. The fourth-order valence-electron chi connectivity index (χ4n) is 3.06. The third-order valence-electron chi connectivity index (χ3n) is 4.66. The van der Waals surface area contributed by atoms with Gasteiger partial charge in [0.1, 0.15) is 0 Å². The van der Waals surface area contributed by atoms with E-state index in [9.17, 15) is 0 Å². The second kappa shape index (κ2) is 11.2. The molecule has 0 spiro atoms. The quantitative estimate of drug-likeness (QED) is 0.315. The Hall–Kier alpha value is -1.13. The molecule has 0 bridgehead atoms. The Kier molecular flexibility index (Phi) is 8.60. The predicted molar refractivity (Wildman–Crippen MR) is 123 cm³/mol. The van der Waals surface area contributed by atoms with Crippen LogP contribution in [0.3, 0.4) is 0 Å². The summed E-state index contributed by atoms with van der Waals surface area (Å²) in [5, 5.41) is 2.77. The lowest BCUT2D eigenvalue weighted by atomic mass is 10.1. The van der Waals surface area contributed by atoms with Crippen molar-refractivity contribution in [3.8, 4) is 0 Å². The smallest absolute Gasteiger partial charge is 0.0945 e. The largest absolute Gasteiger partial charge is 0.337 e. The van der Waals surface area contributed by atoms with Crippen LogP contribution < -0.4 is 0 Å². The lowest BCUT2D eigenvalue weighted by Crippen LogP contribution is -2.08. The van der Waals surface area contributed by atoms with Crippen LogP contribution >= 0.6 is 46.6 Å². The normalized spacial score (nSPS) is 12.2. The highest BCUT2D eigenvalue weighted by Gasteiger charge is 2.12. The van der Waals surface area contributed by atoms with Crippen LogP contribution in [-0.4, -0.2) is 14.8 Å². The maximum Gasteiger partial charge on any atom is 0.0945 e. The number of aryl methyl sites for hydroxylation is 2. The van der Waals surface area contributed by atoms with E-state index in [1.807, 2.05) is 60.8 Å². The van der Waals surface area contributed by atoms with Gasteiger partial charge in [-0.05, 0) is 61.1 Å². The molecule has 1 atom stereocenters. The number of rotatable bonds is 10. The lowest BCUT2D eigenvalue weighted by Gasteiger charge is -2.17. The van der Waals surface area contributed by atoms with E-state index in [0.717, 1.165) is 53.6 Å². The minimum absolute atomic E-state index is 0.561. The van der Waals surface area contributed by atoms with Crippen molar-refractivity contribution in [3.63, 3.8) is 0 Å². The first kappa shape index (κ1) is 21.6. The number of hydrogen-bond acceptors (Lipinski definition) is 2. The Balaban J connectivity index is 1.56. The van der Waals surface area contributed by atoms with Gasteiger partial charge in [-0.3, -0.25) is 0 Å². The van der Waals surface area contributed by atoms with Gasteiger partial charge in [-0.2, -0.15) is 11.8 Å². The molecule has 0 aliphatic heterocycles. The van der Waals surface area contributed by atoms with Gasteiger partial charge < -0.3 is 4.57 Å². The van der Waals surface area contributed by atoms with Gasteiger partial charge in [0.25, 0.3) is 0 Å². The molecular formula is C22H23Cl3N2S. The molecule has 28 heavy (non-hydrogen) atoms. The van der Waals surface area contributed by atoms with Crippen molar-refractivity contribution in [2.24, 2.45) is 0 Å². The van der Waals surface area contributed by atoms with Crippen LogP contribution in [0.15, 0.2) is 61.2 Å². The number of benzene rings is 2. The minimum Gasteiger partial charge on any atom is -0.337 e. The van der Waals surface area contributed by atoms with Gasteiger partial charge in [0.2, 0.25) is 0 Å². The zero-order valence-electron chi connectivity index (χ0n) is 15.5. The van der Waals surface area contributed by atoms with E-state index in [-0.39, 0.29) is 0 Å². The Morgan fingerprint density at radius 3 is 2.46 bits per heavy atom. The number of aromatic nitrogens is 2. The lowest BCUT2D eigenvalue weighted by molar-refractivity contribution is 0.580. The molecule has 0 saturated heterocycles. The van der Waals surface area contributed by atoms with Crippen molar-refractivity contribution < 1.29 is 0 Å². The van der Waals surface area contributed by atoms with Crippen molar-refractivity contribution in [2.75, 3.05) is 0 Å². The summed E-state index contributed by atoms with van der Waals surface area (Å²) in [5.41, 5.74) is 2.47. The van der Waals surface area contributed by atoms with E-state index in [0.29, 0.717) is 10.3 Å². The first-order chi connectivity index (χ1) is 13.6. The summed E-state index contributed by atoms with van der Waals surface area (Å²) in [7, 11) is 0. The van der Waals surface area contributed by atoms with Gasteiger partial charge in [0.15, 0.2) is 0 Å². The number of nitrogens with zero attached hydrogens (tertiary/aromatic N) is 2. The van der Waals surface area contributed by atoms with E-state index >= 15 is 0 Å². The van der Waals surface area contributed by atoms with Gasteiger partial charge in [-0.25, -0.2) is 4.98 Å². The van der Waals surface area contributed by atoms with Crippen molar-refractivity contribution in [3.05, 3.63) is 87.4 Å². The fourth-order valence-corrected chi connectivity index (χ4v) is 5.02. The summed E-state index contributed by atoms with van der Waals surface area (Å²) < 4.78 is 2.14. The average molecular weight is 454 g/mol. The second-order valence-corrected chi connectivity index (χ2v) is 9.35. The van der Waals surface area contributed by atoms with Crippen LogP contribution in [0.2, 0.25) is 15.1 Å². The van der Waals surface area contributed by atoms with Crippen LogP contribution in [0.5, 0.6) is 0 Å². The summed E-state index contributed by atoms with van der Waals surface area (Å²) >= 11 is 20.3. The number of imidazole rings is 1. The molecule has 2 nitrogen and oxygen atoms in total. The molecule has 1 aromatic heterocycles. The minimum atomic E-state index is 0.561. The maximum absolute atomic E-state index is 6.35. The average Bonchev–Trinajstić information content (AvgIpc) is 3.19. The van der Waals surface area contributed by atoms with Crippen molar-refractivity contribution in [2.45, 2.75) is 43.2 Å². The molecule has 2 aromatic carbocycles. The number of hydrogen-bond donors (Lipinski definition) is 0. The van der Waals surface area contributed by atoms with Crippen molar-refractivity contribution in [1.29, 1.82) is 0 Å². The van der Waals surface area contributed by atoms with Crippen molar-refractivity contribution >= 4 is 46.6 Å². The topological polar surface area (TPSA) is 17.8 Å². The molecule has 0 N–H and O–H groups in total. The Morgan fingerprint density at radius 2 is 1.75 bits per heavy atom. The zero-order valence-corrected chi connectivity index (χ0v) is 18.6. The molecule has 148 valence electrons. The maximum atomic E-state index is 6.35. The standard InChI is InChI=1S/C22H23Cl3N2S/c23-19-7-3-17(4-8-19)5-10-21(2-1-12-27-13-11-26-16-27)28-15-18-6-9-20(24)14-22(18)25/h3-4,6-9,11,13-14,16,21H,1-2,5,10,12,15H2. The summed E-state index contributed by atoms with van der Waals surface area (Å²) in [5.74, 6) is 0.895. The summed E-state index contributed by atoms with van der Waals surface area (Å²) in [4.78, 5) is 4.12. The van der Waals surface area contributed by atoms with Gasteiger partial charge in [-0.1, -0.05) is 53.0 Å². The Bertz CT molecular complexity index is 851. The molecule has 3 rings (SSSR count). The first-order valence-corrected chi connectivity index (χ1v) is 11.5. The predicted octanol–water partition coefficient (Wildman–Crippen LogP) is 7.56. The molecule has 0 amide bonds. The molecule has 1 unspecified atom stereocenters. The van der Waals surface area contributed by atoms with E-state index in [4.69, 9.17) is 34.8 Å². The molecule has 0 aliphatic carbocycles. The third-order valence-corrected chi connectivity index (χ3v) is 6.92. The van der Waals surface area contributed by atoms with Crippen LogP contribution in [-0.2, 0) is 18.7 Å². The van der Waals surface area contributed by atoms with E-state index in [1.165, 1.54) is 5.56 Å². The molecule has 0 aliphatic rings. The SMILES string of the molecule is Clc1ccc(CCC(CCCn2ccnc2)SCc2ccc(Cl)cc2Cl)cc1. The molecule has 0 saturated carbocycles. The first-order valence-electron chi connectivity index (χ1n) is 9.36. The van der Waals surface area contributed by atoms with Crippen LogP contribution in [0.4, 0.5) is 0 Å². The fraction of sp³-hybridized carbons (Fsp3) is 0.318. The van der Waals surface area contributed by atoms with E-state index in [1.54, 1.807) is 0 Å². The highest BCUT2D eigenvalue weighted by molar-refractivity contribution is 7.99. The Morgan fingerprint density at radius 1 is 0.964 bits per heavy atom. The highest BCUT2D eigenvalue weighted by Crippen LogP contribution is 2.30.